The van der Waals surface area contributed by atoms with Crippen LogP contribution in [-0.4, -0.2) is 81.6 Å². The molecule has 2 aromatic carbocycles. The molecule has 0 saturated carbocycles. The summed E-state index contributed by atoms with van der Waals surface area (Å²) in [6.45, 7) is -0.635. The van der Waals surface area contributed by atoms with Crippen LogP contribution in [0.4, 0.5) is 0 Å². The summed E-state index contributed by atoms with van der Waals surface area (Å²) in [7, 11) is -4.96. The number of phenolic OH excluding ortho intramolecular Hbond substituents is 3. The first-order valence-electron chi connectivity index (χ1n) is 9.79. The molecule has 4 rings (SSSR count). The molecule has 34 heavy (non-hydrogen) atoms. The first-order chi connectivity index (χ1) is 15.9. The predicted octanol–water partition coefficient (Wildman–Crippen LogP) is -0.229. The van der Waals surface area contributed by atoms with Crippen LogP contribution in [0.15, 0.2) is 36.4 Å². The summed E-state index contributed by atoms with van der Waals surface area (Å²) in [5, 5.41) is 50.1. The standard InChI is InChI=1S/C20H20O13S/c21-9-3-1-8(2-4-9)18-19(16(25)14-11(23)5-10(22)6-12(14)31-18)32-20-17(26)15(24)13(7-30-20)33-34(27,28)29/h1-6,13,15,17-24,26H,7H2,(H,27,28,29). The Morgan fingerprint density at radius 3 is 2.29 bits per heavy atom. The van der Waals surface area contributed by atoms with Gasteiger partial charge in [-0.05, 0) is 17.7 Å². The molecule has 1 fully saturated rings. The third-order valence-corrected chi connectivity index (χ3v) is 5.77. The lowest BCUT2D eigenvalue weighted by molar-refractivity contribution is -0.280. The molecule has 2 aromatic rings. The number of Topliss-reactive ketones (excluding diaryl/α,β-unsaturated/α-hetero) is 1. The third kappa shape index (κ3) is 4.78. The second-order valence-corrected chi connectivity index (χ2v) is 8.68. The number of hydrogen-bond acceptors (Lipinski definition) is 12. The average molecular weight is 500 g/mol. The third-order valence-electron chi connectivity index (χ3n) is 5.28. The van der Waals surface area contributed by atoms with Gasteiger partial charge in [-0.3, -0.25) is 9.35 Å². The fourth-order valence-electron chi connectivity index (χ4n) is 3.72. The molecule has 2 heterocycles. The summed E-state index contributed by atoms with van der Waals surface area (Å²) in [4.78, 5) is 13.3. The van der Waals surface area contributed by atoms with Crippen molar-refractivity contribution in [3.63, 3.8) is 0 Å². The maximum Gasteiger partial charge on any atom is 0.397 e. The molecule has 1 saturated heterocycles. The second-order valence-electron chi connectivity index (χ2n) is 7.63. The van der Waals surface area contributed by atoms with Crippen LogP contribution in [0, 0.1) is 0 Å². The van der Waals surface area contributed by atoms with Crippen molar-refractivity contribution in [2.45, 2.75) is 36.8 Å². The zero-order valence-electron chi connectivity index (χ0n) is 17.1. The number of ketones is 1. The normalized spacial score (nSPS) is 29.3. The molecule has 0 aliphatic carbocycles. The van der Waals surface area contributed by atoms with E-state index in [1.54, 1.807) is 0 Å². The number of carbonyl (C=O) groups is 1. The predicted molar refractivity (Wildman–Crippen MR) is 109 cm³/mol. The summed E-state index contributed by atoms with van der Waals surface area (Å²) in [6.07, 6.45) is -9.88. The van der Waals surface area contributed by atoms with E-state index in [0.717, 1.165) is 12.1 Å². The smallest absolute Gasteiger partial charge is 0.397 e. The number of phenols is 3. The zero-order valence-corrected chi connectivity index (χ0v) is 17.9. The molecule has 2 aliphatic heterocycles. The van der Waals surface area contributed by atoms with Crippen molar-refractivity contribution in [3.05, 3.63) is 47.5 Å². The number of carbonyl (C=O) groups excluding carboxylic acids is 1. The van der Waals surface area contributed by atoms with E-state index in [0.29, 0.717) is 5.56 Å². The van der Waals surface area contributed by atoms with Crippen molar-refractivity contribution in [2.75, 3.05) is 6.61 Å². The maximum absolute atomic E-state index is 13.3. The Hall–Kier alpha value is -2.98. The first-order valence-corrected chi connectivity index (χ1v) is 11.2. The van der Waals surface area contributed by atoms with E-state index >= 15 is 0 Å². The molecule has 0 spiro atoms. The number of hydrogen-bond donors (Lipinski definition) is 6. The Kier molecular flexibility index (Phi) is 6.39. The van der Waals surface area contributed by atoms with E-state index in [-0.39, 0.29) is 22.8 Å². The van der Waals surface area contributed by atoms with Crippen LogP contribution < -0.4 is 4.74 Å². The SMILES string of the molecule is O=C1c2c(O)cc(O)cc2OC(c2ccc(O)cc2)C1OC1OCC(OS(=O)(=O)O)C(O)C1O. The lowest BCUT2D eigenvalue weighted by atomic mass is 9.92. The summed E-state index contributed by atoms with van der Waals surface area (Å²) >= 11 is 0. The number of rotatable bonds is 5. The number of aromatic hydroxyl groups is 3. The highest BCUT2D eigenvalue weighted by atomic mass is 32.3. The molecule has 0 bridgehead atoms. The van der Waals surface area contributed by atoms with Gasteiger partial charge in [-0.25, -0.2) is 4.18 Å². The molecule has 13 nitrogen and oxygen atoms in total. The topological polar surface area (TPSA) is 210 Å². The highest BCUT2D eigenvalue weighted by molar-refractivity contribution is 7.80. The molecule has 184 valence electrons. The summed E-state index contributed by atoms with van der Waals surface area (Å²) in [5.74, 6) is -1.99. The van der Waals surface area contributed by atoms with Crippen LogP contribution in [0.3, 0.4) is 0 Å². The van der Waals surface area contributed by atoms with Crippen molar-refractivity contribution >= 4 is 16.2 Å². The Bertz CT molecular complexity index is 1180. The molecule has 0 radical (unpaired) electrons. The van der Waals surface area contributed by atoms with Crippen LogP contribution in [0.2, 0.25) is 0 Å². The van der Waals surface area contributed by atoms with Gasteiger partial charge in [0.1, 0.15) is 46.9 Å². The Balaban J connectivity index is 1.65. The van der Waals surface area contributed by atoms with Crippen molar-refractivity contribution in [1.29, 1.82) is 0 Å². The zero-order chi connectivity index (χ0) is 24.8. The van der Waals surface area contributed by atoms with E-state index in [4.69, 9.17) is 18.8 Å². The van der Waals surface area contributed by atoms with Crippen LogP contribution in [0.1, 0.15) is 22.0 Å². The molecule has 2 aliphatic rings. The van der Waals surface area contributed by atoms with E-state index in [1.807, 2.05) is 0 Å². The summed E-state index contributed by atoms with van der Waals surface area (Å²) < 4.78 is 51.6. The quantitative estimate of drug-likeness (QED) is 0.293. The van der Waals surface area contributed by atoms with Gasteiger partial charge in [0, 0.05) is 12.1 Å². The van der Waals surface area contributed by atoms with Crippen LogP contribution in [0.25, 0.3) is 0 Å². The Morgan fingerprint density at radius 1 is 0.971 bits per heavy atom. The van der Waals surface area contributed by atoms with Gasteiger partial charge in [-0.2, -0.15) is 8.42 Å². The van der Waals surface area contributed by atoms with Gasteiger partial charge in [0.25, 0.3) is 0 Å². The minimum absolute atomic E-state index is 0.0712. The van der Waals surface area contributed by atoms with Gasteiger partial charge in [0.15, 0.2) is 18.5 Å². The Morgan fingerprint density at radius 2 is 1.65 bits per heavy atom. The van der Waals surface area contributed by atoms with E-state index in [2.05, 4.69) is 4.18 Å². The van der Waals surface area contributed by atoms with E-state index < -0.39 is 65.3 Å². The van der Waals surface area contributed by atoms with Gasteiger partial charge in [0.05, 0.1) is 6.61 Å². The summed E-state index contributed by atoms with van der Waals surface area (Å²) in [6, 6.07) is 7.54. The molecular weight excluding hydrogens is 480 g/mol. The van der Waals surface area contributed by atoms with E-state index in [9.17, 15) is 38.7 Å². The maximum atomic E-state index is 13.3. The number of aliphatic hydroxyl groups excluding tert-OH is 2. The fraction of sp³-hybridized carbons (Fsp3) is 0.350. The van der Waals surface area contributed by atoms with Gasteiger partial charge in [-0.15, -0.1) is 0 Å². The first kappa shape index (κ1) is 24.2. The van der Waals surface area contributed by atoms with Crippen LogP contribution >= 0.6 is 0 Å². The number of ether oxygens (including phenoxy) is 3. The van der Waals surface area contributed by atoms with E-state index in [1.165, 1.54) is 24.3 Å². The van der Waals surface area contributed by atoms with Crippen molar-refractivity contribution in [3.8, 4) is 23.0 Å². The van der Waals surface area contributed by atoms with Gasteiger partial charge in [-0.1, -0.05) is 12.1 Å². The average Bonchev–Trinajstić information content (AvgIpc) is 2.74. The largest absolute Gasteiger partial charge is 0.508 e. The van der Waals surface area contributed by atoms with Crippen molar-refractivity contribution in [2.24, 2.45) is 0 Å². The van der Waals surface area contributed by atoms with Crippen LogP contribution in [0.5, 0.6) is 23.0 Å². The van der Waals surface area contributed by atoms with Crippen molar-refractivity contribution < 1.29 is 61.7 Å². The lowest BCUT2D eigenvalue weighted by Gasteiger charge is -2.40. The Labute approximate surface area is 192 Å². The lowest BCUT2D eigenvalue weighted by Crippen LogP contribution is -2.57. The second kappa shape index (κ2) is 8.99. The highest BCUT2D eigenvalue weighted by Crippen LogP contribution is 2.43. The van der Waals surface area contributed by atoms with Gasteiger partial charge in [0.2, 0.25) is 5.78 Å². The number of fused-ring (bicyclic) bond motifs is 1. The molecule has 0 aromatic heterocycles. The molecule has 14 heteroatoms. The van der Waals surface area contributed by atoms with Crippen LogP contribution in [-0.2, 0) is 24.1 Å². The minimum atomic E-state index is -4.96. The summed E-state index contributed by atoms with van der Waals surface area (Å²) in [5.41, 5.74) is 0.0272. The monoisotopic (exact) mass is 500 g/mol. The molecule has 0 amide bonds. The number of aliphatic hydroxyl groups is 2. The number of benzene rings is 2. The highest BCUT2D eigenvalue weighted by Gasteiger charge is 2.47. The van der Waals surface area contributed by atoms with Gasteiger partial charge < -0.3 is 39.7 Å². The fourth-order valence-corrected chi connectivity index (χ4v) is 4.20. The van der Waals surface area contributed by atoms with Crippen molar-refractivity contribution in [1.82, 2.24) is 0 Å². The molecule has 6 unspecified atom stereocenters. The molecular formula is C20H20O13S. The minimum Gasteiger partial charge on any atom is -0.508 e. The molecule has 6 N–H and O–H groups in total. The molecule has 6 atom stereocenters. The van der Waals surface area contributed by atoms with Gasteiger partial charge >= 0.3 is 10.4 Å².